The highest BCUT2D eigenvalue weighted by atomic mass is 35.5. The summed E-state index contributed by atoms with van der Waals surface area (Å²) in [5.41, 5.74) is 1.44. The van der Waals surface area contributed by atoms with Gasteiger partial charge >= 0.3 is 5.97 Å². The number of rotatable bonds is 7. The zero-order chi connectivity index (χ0) is 18.5. The van der Waals surface area contributed by atoms with Crippen LogP contribution in [0.1, 0.15) is 39.7 Å². The van der Waals surface area contributed by atoms with Crippen LogP contribution in [0.4, 0.5) is 0 Å². The monoisotopic (exact) mass is 391 g/mol. The minimum absolute atomic E-state index is 0.248. The molecule has 2 atom stereocenters. The molecule has 1 aromatic rings. The SMILES string of the molecule is C=C(C[C@H](N[S@@](=O)C(C)(C)C)C(=O)OCC)c1ccc(Cl)c(Cl)c1. The molecule has 0 saturated carbocycles. The lowest BCUT2D eigenvalue weighted by atomic mass is 10.0. The third-order valence-electron chi connectivity index (χ3n) is 3.15. The van der Waals surface area contributed by atoms with Gasteiger partial charge in [-0.15, -0.1) is 0 Å². The lowest BCUT2D eigenvalue weighted by molar-refractivity contribution is -0.144. The standard InChI is InChI=1S/C17H23Cl2NO3S/c1-6-23-16(21)15(20-24(22)17(3,4)5)9-11(2)12-7-8-13(18)14(19)10-12/h7-8,10,15,20H,2,6,9H2,1,3-5H3/t15-,24-/m0/s1. The average molecular weight is 392 g/mol. The predicted octanol–water partition coefficient (Wildman–Crippen LogP) is 4.38. The molecule has 0 spiro atoms. The molecule has 0 aromatic heterocycles. The van der Waals surface area contributed by atoms with Gasteiger partial charge in [-0.2, -0.15) is 0 Å². The zero-order valence-corrected chi connectivity index (χ0v) is 16.6. The van der Waals surface area contributed by atoms with Crippen LogP contribution in [0.2, 0.25) is 10.0 Å². The Morgan fingerprint density at radius 2 is 1.96 bits per heavy atom. The van der Waals surface area contributed by atoms with Crippen LogP contribution < -0.4 is 4.72 Å². The van der Waals surface area contributed by atoms with E-state index in [1.807, 2.05) is 20.8 Å². The topological polar surface area (TPSA) is 55.4 Å². The lowest BCUT2D eigenvalue weighted by Crippen LogP contribution is -2.44. The van der Waals surface area contributed by atoms with Crippen LogP contribution in [0, 0.1) is 0 Å². The normalized spacial score (nSPS) is 14.1. The van der Waals surface area contributed by atoms with Gasteiger partial charge in [0.1, 0.15) is 6.04 Å². The van der Waals surface area contributed by atoms with Crippen LogP contribution in [0.25, 0.3) is 5.57 Å². The molecular weight excluding hydrogens is 369 g/mol. The van der Waals surface area contributed by atoms with Gasteiger partial charge in [0.25, 0.3) is 0 Å². The number of esters is 1. The van der Waals surface area contributed by atoms with Crippen LogP contribution in [-0.4, -0.2) is 27.6 Å². The zero-order valence-electron chi connectivity index (χ0n) is 14.3. The summed E-state index contributed by atoms with van der Waals surface area (Å²) in [6, 6.07) is 4.38. The molecule has 7 heteroatoms. The summed E-state index contributed by atoms with van der Waals surface area (Å²) in [6.07, 6.45) is 0.249. The van der Waals surface area contributed by atoms with E-state index in [1.54, 1.807) is 25.1 Å². The number of benzene rings is 1. The van der Waals surface area contributed by atoms with E-state index in [9.17, 15) is 9.00 Å². The molecule has 0 saturated heterocycles. The van der Waals surface area contributed by atoms with E-state index in [0.717, 1.165) is 5.56 Å². The molecule has 134 valence electrons. The Bertz CT molecular complexity index is 641. The largest absolute Gasteiger partial charge is 0.465 e. The van der Waals surface area contributed by atoms with Gasteiger partial charge in [0.05, 0.1) is 32.4 Å². The molecule has 0 radical (unpaired) electrons. The van der Waals surface area contributed by atoms with E-state index < -0.39 is 27.7 Å². The molecule has 0 heterocycles. The first-order valence-corrected chi connectivity index (χ1v) is 9.44. The Balaban J connectivity index is 2.94. The number of nitrogens with one attached hydrogen (secondary N) is 1. The van der Waals surface area contributed by atoms with Crippen molar-refractivity contribution in [3.8, 4) is 0 Å². The van der Waals surface area contributed by atoms with E-state index in [4.69, 9.17) is 27.9 Å². The van der Waals surface area contributed by atoms with Gasteiger partial charge in [-0.25, -0.2) is 8.93 Å². The number of carbonyl (C=O) groups excluding carboxylic acids is 1. The maximum Gasteiger partial charge on any atom is 0.324 e. The fraction of sp³-hybridized carbons (Fsp3) is 0.471. The third kappa shape index (κ3) is 6.20. The van der Waals surface area contributed by atoms with Crippen molar-refractivity contribution < 1.29 is 13.7 Å². The second-order valence-corrected chi connectivity index (χ2v) is 9.05. The summed E-state index contributed by atoms with van der Waals surface area (Å²) in [4.78, 5) is 12.2. The molecule has 1 rings (SSSR count). The highest BCUT2D eigenvalue weighted by molar-refractivity contribution is 7.84. The van der Waals surface area contributed by atoms with Crippen LogP contribution in [0.15, 0.2) is 24.8 Å². The van der Waals surface area contributed by atoms with Gasteiger partial charge in [-0.1, -0.05) is 35.8 Å². The third-order valence-corrected chi connectivity index (χ3v) is 5.50. The fourth-order valence-corrected chi connectivity index (χ4v) is 2.89. The van der Waals surface area contributed by atoms with Gasteiger partial charge in [0.15, 0.2) is 0 Å². The summed E-state index contributed by atoms with van der Waals surface area (Å²) in [6.45, 7) is 11.4. The van der Waals surface area contributed by atoms with Crippen molar-refractivity contribution in [2.45, 2.75) is 44.9 Å². The van der Waals surface area contributed by atoms with Crippen LogP contribution in [0.5, 0.6) is 0 Å². The number of carbonyl (C=O) groups is 1. The van der Waals surface area contributed by atoms with Gasteiger partial charge in [-0.3, -0.25) is 4.79 Å². The van der Waals surface area contributed by atoms with Gasteiger partial charge in [0, 0.05) is 0 Å². The van der Waals surface area contributed by atoms with Crippen molar-refractivity contribution in [1.82, 2.24) is 4.72 Å². The van der Waals surface area contributed by atoms with Crippen LogP contribution in [-0.2, 0) is 20.5 Å². The lowest BCUT2D eigenvalue weighted by Gasteiger charge is -2.23. The molecule has 0 aliphatic carbocycles. The first-order chi connectivity index (χ1) is 11.1. The van der Waals surface area contributed by atoms with Crippen molar-refractivity contribution in [3.05, 3.63) is 40.4 Å². The summed E-state index contributed by atoms with van der Waals surface area (Å²) in [5, 5.41) is 0.858. The summed E-state index contributed by atoms with van der Waals surface area (Å²) in [5.74, 6) is -0.462. The maximum absolute atomic E-state index is 12.3. The minimum atomic E-state index is -1.41. The number of ether oxygens (including phenoxy) is 1. The summed E-state index contributed by atoms with van der Waals surface area (Å²) >= 11 is 11.9. The first kappa shape index (κ1) is 21.2. The van der Waals surface area contributed by atoms with E-state index >= 15 is 0 Å². The van der Waals surface area contributed by atoms with Crippen molar-refractivity contribution in [3.63, 3.8) is 0 Å². The molecule has 0 aliphatic heterocycles. The second kappa shape index (κ2) is 8.99. The minimum Gasteiger partial charge on any atom is -0.465 e. The highest BCUT2D eigenvalue weighted by Gasteiger charge is 2.28. The Kier molecular flexibility index (Phi) is 7.93. The molecule has 1 aromatic carbocycles. The number of hydrogen-bond donors (Lipinski definition) is 1. The van der Waals surface area contributed by atoms with E-state index in [-0.39, 0.29) is 13.0 Å². The van der Waals surface area contributed by atoms with Gasteiger partial charge < -0.3 is 4.74 Å². The smallest absolute Gasteiger partial charge is 0.324 e. The van der Waals surface area contributed by atoms with Crippen molar-refractivity contribution in [2.24, 2.45) is 0 Å². The molecule has 0 unspecified atom stereocenters. The molecule has 1 N–H and O–H groups in total. The Morgan fingerprint density at radius 3 is 2.46 bits per heavy atom. The van der Waals surface area contributed by atoms with Gasteiger partial charge in [0.2, 0.25) is 0 Å². The first-order valence-electron chi connectivity index (χ1n) is 7.54. The number of halogens is 2. The molecule has 0 amide bonds. The van der Waals surface area contributed by atoms with E-state index in [1.165, 1.54) is 0 Å². The Labute approximate surface area is 156 Å². The maximum atomic E-state index is 12.3. The van der Waals surface area contributed by atoms with Crippen LogP contribution in [0.3, 0.4) is 0 Å². The summed E-state index contributed by atoms with van der Waals surface area (Å²) in [7, 11) is -1.41. The second-order valence-electron chi connectivity index (χ2n) is 6.24. The van der Waals surface area contributed by atoms with Crippen molar-refractivity contribution >= 4 is 45.7 Å². The molecule has 0 aliphatic rings. The fourth-order valence-electron chi connectivity index (χ4n) is 1.80. The molecule has 0 fully saturated rings. The van der Waals surface area contributed by atoms with E-state index in [0.29, 0.717) is 15.6 Å². The molecule has 4 nitrogen and oxygen atoms in total. The highest BCUT2D eigenvalue weighted by Crippen LogP contribution is 2.27. The molecular formula is C17H23Cl2NO3S. The summed E-state index contributed by atoms with van der Waals surface area (Å²) < 4.78 is 19.7. The van der Waals surface area contributed by atoms with Crippen molar-refractivity contribution in [1.29, 1.82) is 0 Å². The average Bonchev–Trinajstić information content (AvgIpc) is 2.48. The predicted molar refractivity (Wildman–Crippen MR) is 102 cm³/mol. The van der Waals surface area contributed by atoms with Gasteiger partial charge in [-0.05, 0) is 57.4 Å². The number of hydrogen-bond acceptors (Lipinski definition) is 3. The molecule has 24 heavy (non-hydrogen) atoms. The van der Waals surface area contributed by atoms with Crippen LogP contribution >= 0.6 is 23.2 Å². The Hall–Kier alpha value is -0.880. The molecule has 0 bridgehead atoms. The quantitative estimate of drug-likeness (QED) is 0.701. The van der Waals surface area contributed by atoms with E-state index in [2.05, 4.69) is 11.3 Å². The Morgan fingerprint density at radius 1 is 1.33 bits per heavy atom. The van der Waals surface area contributed by atoms with Crippen molar-refractivity contribution in [2.75, 3.05) is 6.61 Å².